The normalized spacial score (nSPS) is 10.6. The second kappa shape index (κ2) is 8.67. The predicted octanol–water partition coefficient (Wildman–Crippen LogP) is 1.70. The molecule has 0 saturated heterocycles. The topological polar surface area (TPSA) is 63.8 Å². The molecule has 1 amide bonds. The second-order valence-electron chi connectivity index (χ2n) is 5.10. The SMILES string of the molecule is CCc1cc(OC)c(/C=N/NC(=O)C[n+]2ccccc2)cc1OC. The molecular formula is C18H22N3O3+. The van der Waals surface area contributed by atoms with Crippen LogP contribution in [0.3, 0.4) is 0 Å². The van der Waals surface area contributed by atoms with Crippen LogP contribution in [0.2, 0.25) is 0 Å². The molecule has 0 saturated carbocycles. The molecule has 2 rings (SSSR count). The van der Waals surface area contributed by atoms with Crippen molar-refractivity contribution >= 4 is 12.1 Å². The van der Waals surface area contributed by atoms with Gasteiger partial charge >= 0.3 is 5.91 Å². The van der Waals surface area contributed by atoms with Crippen molar-refractivity contribution in [2.24, 2.45) is 5.10 Å². The molecule has 0 aliphatic carbocycles. The maximum absolute atomic E-state index is 11.9. The van der Waals surface area contributed by atoms with Gasteiger partial charge in [0.05, 0.1) is 20.4 Å². The van der Waals surface area contributed by atoms with Gasteiger partial charge in [-0.2, -0.15) is 9.67 Å². The average Bonchev–Trinajstić information content (AvgIpc) is 2.62. The predicted molar refractivity (Wildman–Crippen MR) is 91.3 cm³/mol. The first-order valence-electron chi connectivity index (χ1n) is 7.68. The van der Waals surface area contributed by atoms with Gasteiger partial charge in [0.15, 0.2) is 12.4 Å². The summed E-state index contributed by atoms with van der Waals surface area (Å²) in [6.45, 7) is 2.25. The number of carbonyl (C=O) groups is 1. The Morgan fingerprint density at radius 3 is 2.50 bits per heavy atom. The lowest BCUT2D eigenvalue weighted by Gasteiger charge is -2.11. The molecule has 6 nitrogen and oxygen atoms in total. The van der Waals surface area contributed by atoms with Crippen LogP contribution in [0.1, 0.15) is 18.1 Å². The minimum absolute atomic E-state index is 0.202. The van der Waals surface area contributed by atoms with Gasteiger partial charge in [0.25, 0.3) is 0 Å². The van der Waals surface area contributed by atoms with Gasteiger partial charge in [-0.05, 0) is 24.1 Å². The smallest absolute Gasteiger partial charge is 0.305 e. The Balaban J connectivity index is 2.06. The summed E-state index contributed by atoms with van der Waals surface area (Å²) in [5.74, 6) is 1.24. The van der Waals surface area contributed by atoms with Gasteiger partial charge in [-0.3, -0.25) is 4.79 Å². The average molecular weight is 328 g/mol. The molecule has 0 aliphatic heterocycles. The Kier molecular flexibility index (Phi) is 6.31. The third-order valence-electron chi connectivity index (χ3n) is 3.51. The molecular weight excluding hydrogens is 306 g/mol. The second-order valence-corrected chi connectivity index (χ2v) is 5.10. The maximum Gasteiger partial charge on any atom is 0.305 e. The Morgan fingerprint density at radius 1 is 1.17 bits per heavy atom. The largest absolute Gasteiger partial charge is 0.496 e. The number of carbonyl (C=O) groups excluding carboxylic acids is 1. The van der Waals surface area contributed by atoms with Crippen LogP contribution in [0.15, 0.2) is 47.8 Å². The van der Waals surface area contributed by atoms with Crippen molar-refractivity contribution in [3.63, 3.8) is 0 Å². The Labute approximate surface area is 141 Å². The van der Waals surface area contributed by atoms with Crippen LogP contribution in [-0.4, -0.2) is 26.3 Å². The lowest BCUT2D eigenvalue weighted by atomic mass is 10.1. The van der Waals surface area contributed by atoms with Gasteiger partial charge in [0.1, 0.15) is 11.5 Å². The summed E-state index contributed by atoms with van der Waals surface area (Å²) in [5, 5.41) is 4.00. The van der Waals surface area contributed by atoms with Gasteiger partial charge in [-0.15, -0.1) is 0 Å². The lowest BCUT2D eigenvalue weighted by molar-refractivity contribution is -0.684. The van der Waals surface area contributed by atoms with E-state index in [1.54, 1.807) is 25.0 Å². The number of amides is 1. The van der Waals surface area contributed by atoms with Gasteiger partial charge in [-0.1, -0.05) is 13.0 Å². The lowest BCUT2D eigenvalue weighted by Crippen LogP contribution is -2.40. The summed E-state index contributed by atoms with van der Waals surface area (Å²) in [6, 6.07) is 9.39. The van der Waals surface area contributed by atoms with Crippen molar-refractivity contribution in [2.75, 3.05) is 14.2 Å². The summed E-state index contributed by atoms with van der Waals surface area (Å²) in [5.41, 5.74) is 4.30. The summed E-state index contributed by atoms with van der Waals surface area (Å²) < 4.78 is 12.5. The van der Waals surface area contributed by atoms with Crippen molar-refractivity contribution in [1.82, 2.24) is 5.43 Å². The zero-order chi connectivity index (χ0) is 17.4. The highest BCUT2D eigenvalue weighted by Gasteiger charge is 2.10. The number of nitrogens with one attached hydrogen (secondary N) is 1. The van der Waals surface area contributed by atoms with Gasteiger partial charge in [0.2, 0.25) is 6.54 Å². The number of rotatable bonds is 7. The number of hydrazone groups is 1. The van der Waals surface area contributed by atoms with Crippen molar-refractivity contribution in [1.29, 1.82) is 0 Å². The molecule has 0 fully saturated rings. The molecule has 126 valence electrons. The Morgan fingerprint density at radius 2 is 1.88 bits per heavy atom. The van der Waals surface area contributed by atoms with Crippen LogP contribution < -0.4 is 19.5 Å². The van der Waals surface area contributed by atoms with Crippen molar-refractivity contribution in [3.8, 4) is 11.5 Å². The van der Waals surface area contributed by atoms with Crippen molar-refractivity contribution in [3.05, 3.63) is 53.9 Å². The van der Waals surface area contributed by atoms with Crippen LogP contribution in [0.25, 0.3) is 0 Å². The zero-order valence-electron chi connectivity index (χ0n) is 14.2. The Bertz CT molecular complexity index is 715. The summed E-state index contributed by atoms with van der Waals surface area (Å²) in [6.07, 6.45) is 6.03. The van der Waals surface area contributed by atoms with Gasteiger partial charge < -0.3 is 9.47 Å². The van der Waals surface area contributed by atoms with Crippen LogP contribution >= 0.6 is 0 Å². The van der Waals surface area contributed by atoms with E-state index >= 15 is 0 Å². The van der Waals surface area contributed by atoms with Crippen molar-refractivity contribution < 1.29 is 18.8 Å². The molecule has 2 aromatic rings. The summed E-state index contributed by atoms with van der Waals surface area (Å²) in [7, 11) is 3.23. The molecule has 1 aromatic heterocycles. The van der Waals surface area contributed by atoms with Crippen LogP contribution in [0, 0.1) is 0 Å². The molecule has 0 radical (unpaired) electrons. The maximum atomic E-state index is 11.9. The first-order chi connectivity index (χ1) is 11.7. The minimum atomic E-state index is -0.210. The number of aryl methyl sites for hydroxylation is 1. The first kappa shape index (κ1) is 17.5. The van der Waals surface area contributed by atoms with Gasteiger partial charge in [0, 0.05) is 17.7 Å². The van der Waals surface area contributed by atoms with Gasteiger partial charge in [-0.25, -0.2) is 5.43 Å². The fraction of sp³-hybridized carbons (Fsp3) is 0.278. The third kappa shape index (κ3) is 4.55. The highest BCUT2D eigenvalue weighted by atomic mass is 16.5. The summed E-state index contributed by atoms with van der Waals surface area (Å²) in [4.78, 5) is 11.9. The van der Waals surface area contributed by atoms with E-state index in [2.05, 4.69) is 10.5 Å². The molecule has 0 aliphatic rings. The molecule has 1 heterocycles. The molecule has 0 unspecified atom stereocenters. The van der Waals surface area contributed by atoms with Crippen LogP contribution in [0.4, 0.5) is 0 Å². The molecule has 6 heteroatoms. The zero-order valence-corrected chi connectivity index (χ0v) is 14.2. The fourth-order valence-corrected chi connectivity index (χ4v) is 2.28. The summed E-state index contributed by atoms with van der Waals surface area (Å²) >= 11 is 0. The van der Waals surface area contributed by atoms with E-state index in [9.17, 15) is 4.79 Å². The number of hydrogen-bond donors (Lipinski definition) is 1. The monoisotopic (exact) mass is 328 g/mol. The first-order valence-corrected chi connectivity index (χ1v) is 7.68. The van der Waals surface area contributed by atoms with E-state index in [4.69, 9.17) is 9.47 Å². The van der Waals surface area contributed by atoms with E-state index in [-0.39, 0.29) is 12.5 Å². The van der Waals surface area contributed by atoms with Crippen LogP contribution in [-0.2, 0) is 17.8 Å². The number of nitrogens with zero attached hydrogens (tertiary/aromatic N) is 2. The third-order valence-corrected chi connectivity index (χ3v) is 3.51. The van der Waals surface area contributed by atoms with E-state index in [1.165, 1.54) is 0 Å². The number of pyridine rings is 1. The number of hydrogen-bond acceptors (Lipinski definition) is 4. The quantitative estimate of drug-likeness (QED) is 0.478. The highest BCUT2D eigenvalue weighted by molar-refractivity contribution is 5.86. The number of aromatic nitrogens is 1. The minimum Gasteiger partial charge on any atom is -0.496 e. The van der Waals surface area contributed by atoms with E-state index in [0.717, 1.165) is 23.3 Å². The Hall–Kier alpha value is -2.89. The molecule has 1 N–H and O–H groups in total. The van der Waals surface area contributed by atoms with Crippen LogP contribution in [0.5, 0.6) is 11.5 Å². The van der Waals surface area contributed by atoms with E-state index < -0.39 is 0 Å². The molecule has 0 atom stereocenters. The standard InChI is InChI=1S/C18H21N3O3/c1-4-14-10-17(24-3)15(11-16(14)23-2)12-19-20-18(22)13-21-8-6-5-7-9-21/h5-12H,4,13H2,1-3H3/p+1/b19-12+. The molecule has 24 heavy (non-hydrogen) atoms. The molecule has 0 spiro atoms. The number of benzene rings is 1. The molecule has 1 aromatic carbocycles. The highest BCUT2D eigenvalue weighted by Crippen LogP contribution is 2.28. The van der Waals surface area contributed by atoms with Crippen molar-refractivity contribution in [2.45, 2.75) is 19.9 Å². The molecule has 0 bridgehead atoms. The number of ether oxygens (including phenoxy) is 2. The van der Waals surface area contributed by atoms with E-state index in [0.29, 0.717) is 5.75 Å². The number of methoxy groups -OCH3 is 2. The van der Waals surface area contributed by atoms with E-state index in [1.807, 2.05) is 49.6 Å². The fourth-order valence-electron chi connectivity index (χ4n) is 2.28.